The average molecular weight is 476 g/mol. The van der Waals surface area contributed by atoms with Crippen molar-refractivity contribution in [3.8, 4) is 34.3 Å². The minimum Gasteiger partial charge on any atom is -0.508 e. The number of carbonyl (C=O) groups is 1. The van der Waals surface area contributed by atoms with Crippen LogP contribution >= 0.6 is 11.8 Å². The molecule has 10 heteroatoms. The van der Waals surface area contributed by atoms with Gasteiger partial charge in [0.05, 0.1) is 19.1 Å². The highest BCUT2D eigenvalue weighted by Crippen LogP contribution is 2.29. The smallest absolute Gasteiger partial charge is 0.250 e. The molecule has 34 heavy (non-hydrogen) atoms. The topological polar surface area (TPSA) is 122 Å². The van der Waals surface area contributed by atoms with Gasteiger partial charge < -0.3 is 14.9 Å². The average Bonchev–Trinajstić information content (AvgIpc) is 3.28. The summed E-state index contributed by atoms with van der Waals surface area (Å²) in [6.45, 7) is 0. The van der Waals surface area contributed by atoms with Crippen LogP contribution in [-0.4, -0.2) is 50.0 Å². The van der Waals surface area contributed by atoms with Crippen molar-refractivity contribution in [1.82, 2.24) is 20.2 Å². The summed E-state index contributed by atoms with van der Waals surface area (Å²) < 4.78 is 7.12. The second-order valence-electron chi connectivity index (χ2n) is 7.03. The Kier molecular flexibility index (Phi) is 7.09. The fourth-order valence-corrected chi connectivity index (χ4v) is 3.82. The molecule has 3 aromatic carbocycles. The van der Waals surface area contributed by atoms with Gasteiger partial charge in [0.1, 0.15) is 17.2 Å². The van der Waals surface area contributed by atoms with E-state index < -0.39 is 0 Å². The van der Waals surface area contributed by atoms with Crippen molar-refractivity contribution in [1.29, 1.82) is 0 Å². The van der Waals surface area contributed by atoms with Gasteiger partial charge >= 0.3 is 0 Å². The molecule has 0 radical (unpaired) electrons. The van der Waals surface area contributed by atoms with E-state index in [9.17, 15) is 15.0 Å². The second-order valence-corrected chi connectivity index (χ2v) is 7.97. The molecular formula is C24H21N5O4S. The van der Waals surface area contributed by atoms with E-state index in [2.05, 4.69) is 20.7 Å². The molecule has 0 aliphatic heterocycles. The predicted octanol–water partition coefficient (Wildman–Crippen LogP) is 3.60. The Labute approximate surface area is 199 Å². The van der Waals surface area contributed by atoms with Crippen LogP contribution in [-0.2, 0) is 4.79 Å². The Hall–Kier alpha value is -4.31. The molecule has 1 amide bonds. The minimum atomic E-state index is -0.354. The first-order valence-electron chi connectivity index (χ1n) is 10.2. The number of methoxy groups -OCH3 is 1. The molecule has 0 unspecified atom stereocenters. The Morgan fingerprint density at radius 2 is 1.85 bits per heavy atom. The van der Waals surface area contributed by atoms with Gasteiger partial charge in [-0.05, 0) is 48.5 Å². The van der Waals surface area contributed by atoms with Gasteiger partial charge in [-0.15, -0.1) is 10.2 Å². The van der Waals surface area contributed by atoms with Gasteiger partial charge in [-0.1, -0.05) is 30.0 Å². The third-order valence-corrected chi connectivity index (χ3v) is 5.66. The van der Waals surface area contributed by atoms with E-state index in [1.807, 2.05) is 59.2 Å². The fraction of sp³-hybridized carbons (Fsp3) is 0.0833. The molecule has 1 aromatic heterocycles. The number of ether oxygens (including phenoxy) is 1. The number of phenolic OH excluding ortho intramolecular Hbond substituents is 2. The number of carbonyl (C=O) groups excluding carboxylic acids is 1. The van der Waals surface area contributed by atoms with Crippen LogP contribution in [0.25, 0.3) is 17.1 Å². The number of thioether (sulfide) groups is 1. The van der Waals surface area contributed by atoms with Gasteiger partial charge in [-0.3, -0.25) is 9.36 Å². The summed E-state index contributed by atoms with van der Waals surface area (Å²) in [4.78, 5) is 12.3. The summed E-state index contributed by atoms with van der Waals surface area (Å²) >= 11 is 1.22. The number of phenols is 2. The Bertz CT molecular complexity index is 1310. The Morgan fingerprint density at radius 3 is 2.56 bits per heavy atom. The predicted molar refractivity (Wildman–Crippen MR) is 130 cm³/mol. The zero-order chi connectivity index (χ0) is 23.9. The number of nitrogens with zero attached hydrogens (tertiary/aromatic N) is 4. The number of benzene rings is 3. The van der Waals surface area contributed by atoms with Gasteiger partial charge in [-0.2, -0.15) is 5.10 Å². The van der Waals surface area contributed by atoms with Crippen LogP contribution in [0.5, 0.6) is 17.2 Å². The number of aromatic nitrogens is 3. The van der Waals surface area contributed by atoms with E-state index in [1.165, 1.54) is 36.2 Å². The molecule has 9 nitrogen and oxygen atoms in total. The molecule has 0 spiro atoms. The maximum Gasteiger partial charge on any atom is 0.250 e. The molecule has 0 bridgehead atoms. The zero-order valence-electron chi connectivity index (χ0n) is 18.1. The van der Waals surface area contributed by atoms with Crippen molar-refractivity contribution in [2.45, 2.75) is 5.16 Å². The van der Waals surface area contributed by atoms with Crippen LogP contribution in [0.2, 0.25) is 0 Å². The first kappa shape index (κ1) is 22.9. The SMILES string of the molecule is COc1ccc(-c2nnc(SCC(=O)NN=Cc3ccc(O)cc3O)n2-c2ccccc2)cc1. The van der Waals surface area contributed by atoms with Crippen molar-refractivity contribution in [3.05, 3.63) is 78.4 Å². The summed E-state index contributed by atoms with van der Waals surface area (Å²) in [5.74, 6) is 0.862. The first-order valence-corrected chi connectivity index (χ1v) is 11.2. The monoisotopic (exact) mass is 475 g/mol. The number of hydrazone groups is 1. The van der Waals surface area contributed by atoms with Gasteiger partial charge in [0.2, 0.25) is 0 Å². The molecule has 0 aliphatic carbocycles. The van der Waals surface area contributed by atoms with E-state index in [0.29, 0.717) is 16.5 Å². The summed E-state index contributed by atoms with van der Waals surface area (Å²) in [5, 5.41) is 32.2. The molecular weight excluding hydrogens is 454 g/mol. The molecule has 4 aromatic rings. The Morgan fingerprint density at radius 1 is 1.09 bits per heavy atom. The molecule has 0 saturated carbocycles. The lowest BCUT2D eigenvalue weighted by atomic mass is 10.2. The molecule has 4 rings (SSSR count). The van der Waals surface area contributed by atoms with Gasteiger partial charge in [0.15, 0.2) is 11.0 Å². The molecule has 0 saturated heterocycles. The molecule has 172 valence electrons. The fourth-order valence-electron chi connectivity index (χ4n) is 3.08. The van der Waals surface area contributed by atoms with E-state index in [-0.39, 0.29) is 23.2 Å². The van der Waals surface area contributed by atoms with Crippen molar-refractivity contribution < 1.29 is 19.7 Å². The molecule has 0 atom stereocenters. The van der Waals surface area contributed by atoms with E-state index in [0.717, 1.165) is 17.0 Å². The van der Waals surface area contributed by atoms with Crippen LogP contribution in [0.1, 0.15) is 5.56 Å². The van der Waals surface area contributed by atoms with E-state index in [1.54, 1.807) is 7.11 Å². The number of nitrogens with one attached hydrogen (secondary N) is 1. The largest absolute Gasteiger partial charge is 0.508 e. The Balaban J connectivity index is 1.49. The van der Waals surface area contributed by atoms with Crippen molar-refractivity contribution in [2.75, 3.05) is 12.9 Å². The highest BCUT2D eigenvalue weighted by Gasteiger charge is 2.17. The maximum absolute atomic E-state index is 12.3. The number of hydrogen-bond acceptors (Lipinski definition) is 8. The second kappa shape index (κ2) is 10.5. The lowest BCUT2D eigenvalue weighted by Gasteiger charge is -2.10. The third kappa shape index (κ3) is 5.36. The highest BCUT2D eigenvalue weighted by atomic mass is 32.2. The number of amides is 1. The molecule has 1 heterocycles. The van der Waals surface area contributed by atoms with Crippen molar-refractivity contribution in [2.24, 2.45) is 5.10 Å². The summed E-state index contributed by atoms with van der Waals surface area (Å²) in [6.07, 6.45) is 1.30. The first-order chi connectivity index (χ1) is 16.5. The third-order valence-electron chi connectivity index (χ3n) is 4.74. The van der Waals surface area contributed by atoms with Crippen molar-refractivity contribution >= 4 is 23.9 Å². The lowest BCUT2D eigenvalue weighted by Crippen LogP contribution is -2.20. The van der Waals surface area contributed by atoms with Gasteiger partial charge in [0.25, 0.3) is 5.91 Å². The van der Waals surface area contributed by atoms with E-state index >= 15 is 0 Å². The van der Waals surface area contributed by atoms with Crippen LogP contribution in [0.15, 0.2) is 83.1 Å². The van der Waals surface area contributed by atoms with E-state index in [4.69, 9.17) is 4.74 Å². The maximum atomic E-state index is 12.3. The van der Waals surface area contributed by atoms with Crippen LogP contribution in [0, 0.1) is 0 Å². The zero-order valence-corrected chi connectivity index (χ0v) is 18.9. The summed E-state index contributed by atoms with van der Waals surface area (Å²) in [5.41, 5.74) is 4.49. The molecule has 0 fully saturated rings. The van der Waals surface area contributed by atoms with Gasteiger partial charge in [0, 0.05) is 22.9 Å². The minimum absolute atomic E-state index is 0.0481. The quantitative estimate of drug-likeness (QED) is 0.202. The number of para-hydroxylation sites is 1. The highest BCUT2D eigenvalue weighted by molar-refractivity contribution is 7.99. The number of rotatable bonds is 8. The molecule has 0 aliphatic rings. The standard InChI is InChI=1S/C24H21N5O4S/c1-33-20-11-8-16(9-12-20)23-27-28-24(29(23)18-5-3-2-4-6-18)34-15-22(32)26-25-14-17-7-10-19(30)13-21(17)31/h2-14,30-31H,15H2,1H3,(H,26,32). The lowest BCUT2D eigenvalue weighted by molar-refractivity contribution is -0.118. The molecule has 3 N–H and O–H groups in total. The summed E-state index contributed by atoms with van der Waals surface area (Å²) in [7, 11) is 1.61. The van der Waals surface area contributed by atoms with Gasteiger partial charge in [-0.25, -0.2) is 5.43 Å². The van der Waals surface area contributed by atoms with Crippen LogP contribution < -0.4 is 10.2 Å². The number of hydrogen-bond donors (Lipinski definition) is 3. The van der Waals surface area contributed by atoms with Crippen LogP contribution in [0.3, 0.4) is 0 Å². The normalized spacial score (nSPS) is 11.0. The summed E-state index contributed by atoms with van der Waals surface area (Å²) in [6, 6.07) is 21.2. The van der Waals surface area contributed by atoms with Crippen LogP contribution in [0.4, 0.5) is 0 Å². The van der Waals surface area contributed by atoms with Crippen molar-refractivity contribution in [3.63, 3.8) is 0 Å². The number of aromatic hydroxyl groups is 2.